The molecule has 0 aromatic heterocycles. The zero-order valence-corrected chi connectivity index (χ0v) is 21.1. The highest BCUT2D eigenvalue weighted by Crippen LogP contribution is 2.34. The number of ether oxygens (including phenoxy) is 1. The zero-order valence-electron chi connectivity index (χ0n) is 21.1. The molecule has 3 amide bonds. The summed E-state index contributed by atoms with van der Waals surface area (Å²) in [5, 5.41) is 2.92. The molecule has 1 aliphatic rings. The third-order valence-electron chi connectivity index (χ3n) is 5.99. The first-order chi connectivity index (χ1) is 15.9. The Balaban J connectivity index is 1.86. The minimum atomic E-state index is -0.817. The molecular formula is C27H35N3O4. The fourth-order valence-electron chi connectivity index (χ4n) is 3.89. The summed E-state index contributed by atoms with van der Waals surface area (Å²) in [5.41, 5.74) is 2.19. The Morgan fingerprint density at radius 1 is 1.03 bits per heavy atom. The molecule has 2 atom stereocenters. The van der Waals surface area contributed by atoms with Gasteiger partial charge in [-0.3, -0.25) is 14.4 Å². The Labute approximate surface area is 202 Å². The molecule has 3 rings (SSSR count). The molecular weight excluding hydrogens is 430 g/mol. The lowest BCUT2D eigenvalue weighted by Gasteiger charge is -2.37. The van der Waals surface area contributed by atoms with Crippen LogP contribution in [0.4, 0.5) is 5.69 Å². The molecule has 0 fully saturated rings. The molecule has 2 aromatic rings. The molecule has 0 saturated heterocycles. The number of carbonyl (C=O) groups is 3. The van der Waals surface area contributed by atoms with Crippen molar-refractivity contribution < 1.29 is 19.1 Å². The first-order valence-corrected chi connectivity index (χ1v) is 11.6. The van der Waals surface area contributed by atoms with Crippen molar-refractivity contribution in [3.8, 4) is 5.75 Å². The Hall–Kier alpha value is -3.35. The molecule has 1 N–H and O–H groups in total. The fraction of sp³-hybridized carbons (Fsp3) is 0.444. The molecule has 0 unspecified atom stereocenters. The Bertz CT molecular complexity index is 1050. The summed E-state index contributed by atoms with van der Waals surface area (Å²) in [6, 6.07) is 13.8. The van der Waals surface area contributed by atoms with Gasteiger partial charge in [0.2, 0.25) is 5.91 Å². The Morgan fingerprint density at radius 2 is 1.65 bits per heavy atom. The molecule has 1 heterocycles. The fourth-order valence-corrected chi connectivity index (χ4v) is 3.89. The average Bonchev–Trinajstić information content (AvgIpc) is 2.79. The maximum Gasteiger partial charge on any atom is 0.265 e. The van der Waals surface area contributed by atoms with Gasteiger partial charge in [-0.1, -0.05) is 58.9 Å². The number of amides is 3. The third-order valence-corrected chi connectivity index (χ3v) is 5.99. The summed E-state index contributed by atoms with van der Waals surface area (Å²) in [6.45, 7) is 10.2. The van der Waals surface area contributed by atoms with Gasteiger partial charge in [0.25, 0.3) is 11.8 Å². The minimum Gasteiger partial charge on any atom is -0.476 e. The number of fused-ring (bicyclic) bond motifs is 1. The molecule has 0 aliphatic carbocycles. The summed E-state index contributed by atoms with van der Waals surface area (Å²) in [5.74, 6) is -0.509. The Kier molecular flexibility index (Phi) is 7.34. The Morgan fingerprint density at radius 3 is 2.21 bits per heavy atom. The van der Waals surface area contributed by atoms with E-state index >= 15 is 0 Å². The van der Waals surface area contributed by atoms with Gasteiger partial charge in [-0.15, -0.1) is 0 Å². The molecule has 0 spiro atoms. The SMILES string of the molecule is CC(C)[C@@H](NC(=O)c1ccc(C(C)(C)C)cc1)C(=O)N1C[C@H](C(=O)N(C)C)Oc2ccccc21. The average molecular weight is 466 g/mol. The molecule has 7 nitrogen and oxygen atoms in total. The molecule has 0 radical (unpaired) electrons. The standard InChI is InChI=1S/C27H35N3O4/c1-17(2)23(28-24(31)18-12-14-19(15-13-18)27(3,4)5)26(33)30-16-22(25(32)29(6)7)34-21-11-9-8-10-20(21)30/h8-15,17,22-23H,16H2,1-7H3,(H,28,31)/t22-,23-/m1/s1. The molecule has 0 saturated carbocycles. The van der Waals surface area contributed by atoms with Crippen LogP contribution in [0.5, 0.6) is 5.75 Å². The summed E-state index contributed by atoms with van der Waals surface area (Å²) in [4.78, 5) is 42.4. The van der Waals surface area contributed by atoms with E-state index in [-0.39, 0.29) is 35.6 Å². The van der Waals surface area contributed by atoms with E-state index in [2.05, 4.69) is 26.1 Å². The number of hydrogen-bond donors (Lipinski definition) is 1. The van der Waals surface area contributed by atoms with E-state index in [4.69, 9.17) is 4.74 Å². The van der Waals surface area contributed by atoms with Gasteiger partial charge in [0.05, 0.1) is 12.2 Å². The van der Waals surface area contributed by atoms with Crippen molar-refractivity contribution in [2.75, 3.05) is 25.5 Å². The molecule has 7 heteroatoms. The topological polar surface area (TPSA) is 79.0 Å². The van der Waals surface area contributed by atoms with Crippen molar-refractivity contribution in [3.05, 3.63) is 59.7 Å². The van der Waals surface area contributed by atoms with Gasteiger partial charge < -0.3 is 19.9 Å². The van der Waals surface area contributed by atoms with Crippen LogP contribution in [0.25, 0.3) is 0 Å². The van der Waals surface area contributed by atoms with Crippen LogP contribution < -0.4 is 15.0 Å². The second-order valence-electron chi connectivity index (χ2n) is 10.3. The van der Waals surface area contributed by atoms with Gasteiger partial charge >= 0.3 is 0 Å². The van der Waals surface area contributed by atoms with Crippen LogP contribution in [-0.4, -0.2) is 55.4 Å². The number of hydrogen-bond acceptors (Lipinski definition) is 4. The van der Waals surface area contributed by atoms with Crippen LogP contribution in [0.1, 0.15) is 50.5 Å². The minimum absolute atomic E-state index is 0.0182. The molecule has 2 aromatic carbocycles. The van der Waals surface area contributed by atoms with Gasteiger partial charge in [-0.05, 0) is 41.2 Å². The quantitative estimate of drug-likeness (QED) is 0.732. The highest BCUT2D eigenvalue weighted by molar-refractivity contribution is 6.04. The predicted octanol–water partition coefficient (Wildman–Crippen LogP) is 3.62. The summed E-state index contributed by atoms with van der Waals surface area (Å²) < 4.78 is 5.89. The van der Waals surface area contributed by atoms with Gasteiger partial charge in [0.15, 0.2) is 6.10 Å². The lowest BCUT2D eigenvalue weighted by molar-refractivity contribution is -0.136. The first-order valence-electron chi connectivity index (χ1n) is 11.6. The van der Waals surface area contributed by atoms with Crippen molar-refractivity contribution in [1.82, 2.24) is 10.2 Å². The van der Waals surface area contributed by atoms with E-state index in [1.807, 2.05) is 32.0 Å². The highest BCUT2D eigenvalue weighted by atomic mass is 16.5. The van der Waals surface area contributed by atoms with Crippen molar-refractivity contribution in [1.29, 1.82) is 0 Å². The lowest BCUT2D eigenvalue weighted by atomic mass is 9.86. The predicted molar refractivity (Wildman–Crippen MR) is 133 cm³/mol. The number of benzene rings is 2. The van der Waals surface area contributed by atoms with Crippen LogP contribution in [0.3, 0.4) is 0 Å². The summed E-state index contributed by atoms with van der Waals surface area (Å²) in [7, 11) is 3.31. The smallest absolute Gasteiger partial charge is 0.265 e. The van der Waals surface area contributed by atoms with E-state index in [1.165, 1.54) is 4.90 Å². The van der Waals surface area contributed by atoms with Crippen LogP contribution in [0.15, 0.2) is 48.5 Å². The maximum absolute atomic E-state index is 13.7. The van der Waals surface area contributed by atoms with E-state index in [1.54, 1.807) is 49.3 Å². The number of likely N-dealkylation sites (N-methyl/N-ethyl adjacent to an activating group) is 1. The number of para-hydroxylation sites is 2. The van der Waals surface area contributed by atoms with E-state index in [0.29, 0.717) is 17.0 Å². The lowest BCUT2D eigenvalue weighted by Crippen LogP contribution is -2.56. The zero-order chi connectivity index (χ0) is 25.2. The molecule has 182 valence electrons. The monoisotopic (exact) mass is 465 g/mol. The number of nitrogens with one attached hydrogen (secondary N) is 1. The largest absolute Gasteiger partial charge is 0.476 e. The maximum atomic E-state index is 13.7. The van der Waals surface area contributed by atoms with E-state index < -0.39 is 12.1 Å². The molecule has 0 bridgehead atoms. The third kappa shape index (κ3) is 5.41. The van der Waals surface area contributed by atoms with Gasteiger partial charge in [0.1, 0.15) is 11.8 Å². The molecule has 1 aliphatic heterocycles. The second-order valence-corrected chi connectivity index (χ2v) is 10.3. The van der Waals surface area contributed by atoms with Crippen molar-refractivity contribution in [2.45, 2.75) is 52.2 Å². The number of carbonyl (C=O) groups excluding carboxylic acids is 3. The van der Waals surface area contributed by atoms with Gasteiger partial charge in [-0.25, -0.2) is 0 Å². The van der Waals surface area contributed by atoms with Crippen LogP contribution in [-0.2, 0) is 15.0 Å². The number of nitrogens with zero attached hydrogens (tertiary/aromatic N) is 2. The van der Waals surface area contributed by atoms with Crippen LogP contribution >= 0.6 is 0 Å². The van der Waals surface area contributed by atoms with Crippen LogP contribution in [0.2, 0.25) is 0 Å². The van der Waals surface area contributed by atoms with Crippen molar-refractivity contribution in [2.24, 2.45) is 5.92 Å². The highest BCUT2D eigenvalue weighted by Gasteiger charge is 2.38. The molecule has 34 heavy (non-hydrogen) atoms. The van der Waals surface area contributed by atoms with Crippen molar-refractivity contribution in [3.63, 3.8) is 0 Å². The normalized spacial score (nSPS) is 16.4. The second kappa shape index (κ2) is 9.87. The van der Waals surface area contributed by atoms with Crippen molar-refractivity contribution >= 4 is 23.4 Å². The number of anilines is 1. The van der Waals surface area contributed by atoms with E-state index in [0.717, 1.165) is 5.56 Å². The van der Waals surface area contributed by atoms with Gasteiger partial charge in [0, 0.05) is 19.7 Å². The summed E-state index contributed by atoms with van der Waals surface area (Å²) >= 11 is 0. The summed E-state index contributed by atoms with van der Waals surface area (Å²) in [6.07, 6.45) is -0.817. The van der Waals surface area contributed by atoms with Gasteiger partial charge in [-0.2, -0.15) is 0 Å². The number of rotatable bonds is 5. The first kappa shape index (κ1) is 25.3. The van der Waals surface area contributed by atoms with E-state index in [9.17, 15) is 14.4 Å². The van der Waals surface area contributed by atoms with Crippen LogP contribution in [0, 0.1) is 5.92 Å².